The molecule has 1 aromatic carbocycles. The van der Waals surface area contributed by atoms with E-state index >= 15 is 0 Å². The van der Waals surface area contributed by atoms with E-state index in [1.807, 2.05) is 6.07 Å². The zero-order chi connectivity index (χ0) is 11.4. The number of nitrogens with zero attached hydrogens (tertiary/aromatic N) is 2. The first-order valence-corrected chi connectivity index (χ1v) is 6.02. The highest BCUT2D eigenvalue weighted by atomic mass is 19.1. The van der Waals surface area contributed by atoms with Gasteiger partial charge in [-0.2, -0.15) is 0 Å². The zero-order valence-corrected chi connectivity index (χ0v) is 9.82. The van der Waals surface area contributed by atoms with Crippen LogP contribution >= 0.6 is 0 Å². The second kappa shape index (κ2) is 5.30. The third kappa shape index (κ3) is 2.73. The third-order valence-electron chi connectivity index (χ3n) is 3.09. The molecule has 0 bridgehead atoms. The summed E-state index contributed by atoms with van der Waals surface area (Å²) in [4.78, 5) is 4.73. The smallest absolute Gasteiger partial charge is 0.125 e. The fraction of sp³-hybridized carbons (Fsp3) is 0.538. The maximum absolute atomic E-state index is 13.1. The number of rotatable bonds is 3. The summed E-state index contributed by atoms with van der Waals surface area (Å²) < 4.78 is 13.1. The molecule has 1 heterocycles. The number of hydrogen-bond donors (Lipinski definition) is 0. The fourth-order valence-corrected chi connectivity index (χ4v) is 2.22. The Morgan fingerprint density at radius 1 is 1.19 bits per heavy atom. The van der Waals surface area contributed by atoms with E-state index in [0.29, 0.717) is 0 Å². The fourth-order valence-electron chi connectivity index (χ4n) is 2.22. The van der Waals surface area contributed by atoms with E-state index < -0.39 is 0 Å². The standard InChI is InChI=1S/C13H19FN2/c1-2-6-15-7-9-16(10-8-15)13-5-3-4-12(14)11-13/h3-5,11H,2,6-10H2,1H3. The average molecular weight is 222 g/mol. The summed E-state index contributed by atoms with van der Waals surface area (Å²) in [6.07, 6.45) is 1.21. The minimum Gasteiger partial charge on any atom is -0.369 e. The van der Waals surface area contributed by atoms with E-state index in [4.69, 9.17) is 0 Å². The number of hydrogen-bond acceptors (Lipinski definition) is 2. The molecule has 1 fully saturated rings. The first-order chi connectivity index (χ1) is 7.79. The van der Waals surface area contributed by atoms with Crippen LogP contribution in [0.15, 0.2) is 24.3 Å². The zero-order valence-electron chi connectivity index (χ0n) is 9.82. The summed E-state index contributed by atoms with van der Waals surface area (Å²) in [5, 5.41) is 0. The van der Waals surface area contributed by atoms with Crippen molar-refractivity contribution in [3.63, 3.8) is 0 Å². The normalized spacial score (nSPS) is 17.8. The topological polar surface area (TPSA) is 6.48 Å². The van der Waals surface area contributed by atoms with Gasteiger partial charge in [-0.15, -0.1) is 0 Å². The van der Waals surface area contributed by atoms with Crippen LogP contribution in [0.5, 0.6) is 0 Å². The number of halogens is 1. The van der Waals surface area contributed by atoms with Crippen LogP contribution in [0.25, 0.3) is 0 Å². The summed E-state index contributed by atoms with van der Waals surface area (Å²) in [6, 6.07) is 6.88. The maximum Gasteiger partial charge on any atom is 0.125 e. The Kier molecular flexibility index (Phi) is 3.78. The largest absolute Gasteiger partial charge is 0.369 e. The molecule has 0 radical (unpaired) electrons. The van der Waals surface area contributed by atoms with Gasteiger partial charge in [-0.25, -0.2) is 4.39 Å². The van der Waals surface area contributed by atoms with Gasteiger partial charge in [0.05, 0.1) is 0 Å². The van der Waals surface area contributed by atoms with Gasteiger partial charge in [0.25, 0.3) is 0 Å². The van der Waals surface area contributed by atoms with E-state index in [2.05, 4.69) is 16.7 Å². The Morgan fingerprint density at radius 3 is 2.56 bits per heavy atom. The van der Waals surface area contributed by atoms with Crippen molar-refractivity contribution in [1.29, 1.82) is 0 Å². The van der Waals surface area contributed by atoms with Crippen LogP contribution in [-0.4, -0.2) is 37.6 Å². The molecule has 2 rings (SSSR count). The van der Waals surface area contributed by atoms with Crippen LogP contribution in [0.2, 0.25) is 0 Å². The molecule has 0 unspecified atom stereocenters. The van der Waals surface area contributed by atoms with Crippen molar-refractivity contribution < 1.29 is 4.39 Å². The van der Waals surface area contributed by atoms with E-state index in [0.717, 1.165) is 31.9 Å². The monoisotopic (exact) mass is 222 g/mol. The minimum absolute atomic E-state index is 0.145. The number of benzene rings is 1. The molecule has 0 spiro atoms. The molecule has 3 heteroatoms. The SMILES string of the molecule is CCCN1CCN(c2cccc(F)c2)CC1. The van der Waals surface area contributed by atoms with Crippen molar-refractivity contribution in [3.8, 4) is 0 Å². The molecule has 1 aromatic rings. The highest BCUT2D eigenvalue weighted by molar-refractivity contribution is 5.46. The molecule has 1 saturated heterocycles. The summed E-state index contributed by atoms with van der Waals surface area (Å²) in [5.74, 6) is -0.145. The van der Waals surface area contributed by atoms with Gasteiger partial charge in [-0.3, -0.25) is 4.90 Å². The lowest BCUT2D eigenvalue weighted by atomic mass is 10.2. The molecule has 0 atom stereocenters. The molecule has 0 aromatic heterocycles. The summed E-state index contributed by atoms with van der Waals surface area (Å²) in [6.45, 7) is 7.57. The molecule has 1 aliphatic rings. The molecular formula is C13H19FN2. The van der Waals surface area contributed by atoms with Crippen LogP contribution in [0.1, 0.15) is 13.3 Å². The molecule has 0 N–H and O–H groups in total. The molecular weight excluding hydrogens is 203 g/mol. The first-order valence-electron chi connectivity index (χ1n) is 6.02. The lowest BCUT2D eigenvalue weighted by Crippen LogP contribution is -2.46. The van der Waals surface area contributed by atoms with Crippen molar-refractivity contribution in [1.82, 2.24) is 4.90 Å². The van der Waals surface area contributed by atoms with Crippen LogP contribution in [-0.2, 0) is 0 Å². The van der Waals surface area contributed by atoms with Gasteiger partial charge in [0.2, 0.25) is 0 Å². The van der Waals surface area contributed by atoms with Crippen molar-refractivity contribution in [3.05, 3.63) is 30.1 Å². The lowest BCUT2D eigenvalue weighted by molar-refractivity contribution is 0.258. The Balaban J connectivity index is 1.94. The molecule has 0 amide bonds. The van der Waals surface area contributed by atoms with Gasteiger partial charge < -0.3 is 4.90 Å². The van der Waals surface area contributed by atoms with Crippen molar-refractivity contribution >= 4 is 5.69 Å². The van der Waals surface area contributed by atoms with Gasteiger partial charge in [0, 0.05) is 31.9 Å². The highest BCUT2D eigenvalue weighted by Crippen LogP contribution is 2.17. The van der Waals surface area contributed by atoms with Gasteiger partial charge in [-0.1, -0.05) is 13.0 Å². The van der Waals surface area contributed by atoms with E-state index in [9.17, 15) is 4.39 Å². The van der Waals surface area contributed by atoms with Crippen LogP contribution in [0, 0.1) is 5.82 Å². The predicted molar refractivity (Wildman–Crippen MR) is 65.3 cm³/mol. The van der Waals surface area contributed by atoms with Gasteiger partial charge in [0.15, 0.2) is 0 Å². The van der Waals surface area contributed by atoms with Crippen molar-refractivity contribution in [2.24, 2.45) is 0 Å². The van der Waals surface area contributed by atoms with Crippen molar-refractivity contribution in [2.75, 3.05) is 37.6 Å². The molecule has 0 saturated carbocycles. The van der Waals surface area contributed by atoms with E-state index in [-0.39, 0.29) is 5.82 Å². The summed E-state index contributed by atoms with van der Waals surface area (Å²) >= 11 is 0. The quantitative estimate of drug-likeness (QED) is 0.774. The number of piperazine rings is 1. The molecule has 88 valence electrons. The van der Waals surface area contributed by atoms with E-state index in [1.165, 1.54) is 19.0 Å². The Labute approximate surface area is 96.7 Å². The first kappa shape index (κ1) is 11.4. The Hall–Kier alpha value is -1.09. The average Bonchev–Trinajstić information content (AvgIpc) is 2.30. The van der Waals surface area contributed by atoms with Crippen LogP contribution < -0.4 is 4.90 Å². The Morgan fingerprint density at radius 2 is 1.94 bits per heavy atom. The highest BCUT2D eigenvalue weighted by Gasteiger charge is 2.16. The Bertz CT molecular complexity index is 332. The predicted octanol–water partition coefficient (Wildman–Crippen LogP) is 2.36. The van der Waals surface area contributed by atoms with Gasteiger partial charge in [0.1, 0.15) is 5.82 Å². The minimum atomic E-state index is -0.145. The van der Waals surface area contributed by atoms with Gasteiger partial charge in [-0.05, 0) is 31.2 Å². The second-order valence-corrected chi connectivity index (χ2v) is 4.31. The lowest BCUT2D eigenvalue weighted by Gasteiger charge is -2.35. The molecule has 0 aliphatic carbocycles. The summed E-state index contributed by atoms with van der Waals surface area (Å²) in [7, 11) is 0. The van der Waals surface area contributed by atoms with Crippen LogP contribution in [0.3, 0.4) is 0 Å². The number of anilines is 1. The summed E-state index contributed by atoms with van der Waals surface area (Å²) in [5.41, 5.74) is 1.01. The van der Waals surface area contributed by atoms with E-state index in [1.54, 1.807) is 12.1 Å². The third-order valence-corrected chi connectivity index (χ3v) is 3.09. The molecule has 2 nitrogen and oxygen atoms in total. The maximum atomic E-state index is 13.1. The van der Waals surface area contributed by atoms with Crippen molar-refractivity contribution in [2.45, 2.75) is 13.3 Å². The molecule has 1 aliphatic heterocycles. The van der Waals surface area contributed by atoms with Crippen LogP contribution in [0.4, 0.5) is 10.1 Å². The van der Waals surface area contributed by atoms with Gasteiger partial charge >= 0.3 is 0 Å². The second-order valence-electron chi connectivity index (χ2n) is 4.31. The molecule has 16 heavy (non-hydrogen) atoms.